The summed E-state index contributed by atoms with van der Waals surface area (Å²) < 4.78 is 13.5. The van der Waals surface area contributed by atoms with Crippen molar-refractivity contribution in [2.45, 2.75) is 19.5 Å². The molecule has 0 aliphatic heterocycles. The van der Waals surface area contributed by atoms with Crippen LogP contribution in [0.3, 0.4) is 0 Å². The molecule has 0 atom stereocenters. The molecule has 0 aliphatic rings. The molecule has 0 aromatic heterocycles. The SMILES string of the molecule is O=C(O)CCN(Cc1ccccc1)C(=O)c1ccccc1-c1ccccc1C(=O)NCc1cccc(F)c1. The third-order valence-corrected chi connectivity index (χ3v) is 6.06. The van der Waals surface area contributed by atoms with Gasteiger partial charge in [0.2, 0.25) is 0 Å². The van der Waals surface area contributed by atoms with Crippen molar-refractivity contribution in [2.24, 2.45) is 0 Å². The molecule has 0 heterocycles. The van der Waals surface area contributed by atoms with Gasteiger partial charge in [0.05, 0.1) is 6.42 Å². The highest BCUT2D eigenvalue weighted by Crippen LogP contribution is 2.29. The number of carboxylic acids is 1. The van der Waals surface area contributed by atoms with Crippen molar-refractivity contribution in [3.63, 3.8) is 0 Å². The van der Waals surface area contributed by atoms with Gasteiger partial charge in [-0.25, -0.2) is 4.39 Å². The number of carbonyl (C=O) groups is 3. The van der Waals surface area contributed by atoms with Crippen molar-refractivity contribution in [3.05, 3.63) is 131 Å². The minimum Gasteiger partial charge on any atom is -0.481 e. The molecule has 2 amide bonds. The van der Waals surface area contributed by atoms with E-state index < -0.39 is 5.97 Å². The zero-order valence-corrected chi connectivity index (χ0v) is 20.6. The number of amides is 2. The second-order valence-corrected chi connectivity index (χ2v) is 8.76. The van der Waals surface area contributed by atoms with Gasteiger partial charge >= 0.3 is 5.97 Å². The van der Waals surface area contributed by atoms with Crippen molar-refractivity contribution < 1.29 is 23.9 Å². The van der Waals surface area contributed by atoms with E-state index in [1.165, 1.54) is 17.0 Å². The van der Waals surface area contributed by atoms with Gasteiger partial charge in [-0.2, -0.15) is 0 Å². The van der Waals surface area contributed by atoms with Crippen LogP contribution < -0.4 is 5.32 Å². The molecule has 4 aromatic rings. The Morgan fingerprint density at radius 3 is 2.03 bits per heavy atom. The van der Waals surface area contributed by atoms with Crippen LogP contribution in [0.25, 0.3) is 11.1 Å². The topological polar surface area (TPSA) is 86.7 Å². The van der Waals surface area contributed by atoms with Crippen LogP contribution in [0, 0.1) is 5.82 Å². The van der Waals surface area contributed by atoms with E-state index in [1.54, 1.807) is 60.7 Å². The molecule has 4 rings (SSSR count). The Hall–Kier alpha value is -4.78. The van der Waals surface area contributed by atoms with E-state index in [4.69, 9.17) is 0 Å². The largest absolute Gasteiger partial charge is 0.481 e. The molecule has 0 saturated heterocycles. The summed E-state index contributed by atoms with van der Waals surface area (Å²) in [5.74, 6) is -2.07. The van der Waals surface area contributed by atoms with Crippen molar-refractivity contribution >= 4 is 17.8 Å². The molecule has 0 fully saturated rings. The van der Waals surface area contributed by atoms with Crippen LogP contribution in [-0.4, -0.2) is 34.3 Å². The number of halogens is 1. The Morgan fingerprint density at radius 2 is 1.34 bits per heavy atom. The third kappa shape index (κ3) is 6.70. The van der Waals surface area contributed by atoms with E-state index in [2.05, 4.69) is 5.32 Å². The predicted octanol–water partition coefficient (Wildman–Crippen LogP) is 5.54. The van der Waals surface area contributed by atoms with Crippen LogP contribution in [-0.2, 0) is 17.9 Å². The Kier molecular flexibility index (Phi) is 8.61. The Morgan fingerprint density at radius 1 is 0.737 bits per heavy atom. The maximum atomic E-state index is 13.8. The van der Waals surface area contributed by atoms with E-state index in [0.29, 0.717) is 27.8 Å². The lowest BCUT2D eigenvalue weighted by atomic mass is 9.94. The van der Waals surface area contributed by atoms with Crippen LogP contribution in [0.1, 0.15) is 38.3 Å². The average molecular weight is 511 g/mol. The lowest BCUT2D eigenvalue weighted by molar-refractivity contribution is -0.137. The summed E-state index contributed by atoms with van der Waals surface area (Å²) in [6.07, 6.45) is -0.195. The van der Waals surface area contributed by atoms with Gasteiger partial charge in [-0.05, 0) is 46.5 Å². The van der Waals surface area contributed by atoms with Gasteiger partial charge in [-0.3, -0.25) is 14.4 Å². The first-order valence-corrected chi connectivity index (χ1v) is 12.2. The maximum absolute atomic E-state index is 13.8. The monoisotopic (exact) mass is 510 g/mol. The van der Waals surface area contributed by atoms with Crippen LogP contribution in [0.5, 0.6) is 0 Å². The highest BCUT2D eigenvalue weighted by molar-refractivity contribution is 6.06. The molecule has 0 saturated carbocycles. The van der Waals surface area contributed by atoms with E-state index >= 15 is 0 Å². The summed E-state index contributed by atoms with van der Waals surface area (Å²) in [6, 6.07) is 29.3. The number of hydrogen-bond donors (Lipinski definition) is 2. The summed E-state index contributed by atoms with van der Waals surface area (Å²) in [5.41, 5.74) is 3.35. The highest BCUT2D eigenvalue weighted by atomic mass is 19.1. The predicted molar refractivity (Wildman–Crippen MR) is 143 cm³/mol. The van der Waals surface area contributed by atoms with Gasteiger partial charge in [0.15, 0.2) is 0 Å². The summed E-state index contributed by atoms with van der Waals surface area (Å²) >= 11 is 0. The van der Waals surface area contributed by atoms with E-state index in [-0.39, 0.29) is 43.7 Å². The van der Waals surface area contributed by atoms with Crippen LogP contribution in [0.2, 0.25) is 0 Å². The van der Waals surface area contributed by atoms with Crippen LogP contribution >= 0.6 is 0 Å². The summed E-state index contributed by atoms with van der Waals surface area (Å²) in [6.45, 7) is 0.426. The Labute approximate surface area is 220 Å². The number of nitrogens with zero attached hydrogens (tertiary/aromatic N) is 1. The zero-order valence-electron chi connectivity index (χ0n) is 20.6. The van der Waals surface area contributed by atoms with Gasteiger partial charge in [0.25, 0.3) is 11.8 Å². The average Bonchev–Trinajstić information content (AvgIpc) is 2.94. The van der Waals surface area contributed by atoms with Gasteiger partial charge < -0.3 is 15.3 Å². The minimum atomic E-state index is -0.996. The fraction of sp³-hybridized carbons (Fsp3) is 0.129. The lowest BCUT2D eigenvalue weighted by Crippen LogP contribution is -2.33. The van der Waals surface area contributed by atoms with E-state index in [9.17, 15) is 23.9 Å². The van der Waals surface area contributed by atoms with Gasteiger partial charge in [0, 0.05) is 30.8 Å². The first-order valence-electron chi connectivity index (χ1n) is 12.2. The molecular weight excluding hydrogens is 483 g/mol. The molecule has 192 valence electrons. The first kappa shape index (κ1) is 26.3. The molecule has 2 N–H and O–H groups in total. The standard InChI is InChI=1S/C31H27FN2O4/c32-24-12-8-11-23(19-24)20-33-30(37)27-15-6-4-13-25(27)26-14-5-7-16-28(26)31(38)34(18-17-29(35)36)21-22-9-2-1-3-10-22/h1-16,19H,17-18,20-21H2,(H,33,37)(H,35,36). The molecule has 0 spiro atoms. The summed E-state index contributed by atoms with van der Waals surface area (Å²) in [7, 11) is 0. The number of carboxylic acid groups (broad SMARTS) is 1. The van der Waals surface area contributed by atoms with Crippen LogP contribution in [0.15, 0.2) is 103 Å². The van der Waals surface area contributed by atoms with E-state index in [1.807, 2.05) is 30.3 Å². The van der Waals surface area contributed by atoms with Crippen LogP contribution in [0.4, 0.5) is 4.39 Å². The summed E-state index contributed by atoms with van der Waals surface area (Å²) in [5, 5.41) is 12.1. The minimum absolute atomic E-state index is 0.0349. The number of hydrogen-bond acceptors (Lipinski definition) is 3. The van der Waals surface area contributed by atoms with Gasteiger partial charge in [-0.15, -0.1) is 0 Å². The zero-order chi connectivity index (χ0) is 26.9. The Bertz CT molecular complexity index is 1440. The van der Waals surface area contributed by atoms with Gasteiger partial charge in [-0.1, -0.05) is 78.9 Å². The number of carbonyl (C=O) groups excluding carboxylic acids is 2. The van der Waals surface area contributed by atoms with Gasteiger partial charge in [0.1, 0.15) is 5.82 Å². The summed E-state index contributed by atoms with van der Waals surface area (Å²) in [4.78, 5) is 39.8. The van der Waals surface area contributed by atoms with Crippen molar-refractivity contribution in [1.29, 1.82) is 0 Å². The molecular formula is C31H27FN2O4. The maximum Gasteiger partial charge on any atom is 0.305 e. The quantitative estimate of drug-likeness (QED) is 0.293. The number of rotatable bonds is 10. The normalized spacial score (nSPS) is 10.6. The van der Waals surface area contributed by atoms with Crippen molar-refractivity contribution in [1.82, 2.24) is 10.2 Å². The van der Waals surface area contributed by atoms with E-state index in [0.717, 1.165) is 5.56 Å². The fourth-order valence-corrected chi connectivity index (χ4v) is 4.20. The Balaban J connectivity index is 1.64. The second kappa shape index (κ2) is 12.5. The lowest BCUT2D eigenvalue weighted by Gasteiger charge is -2.24. The molecule has 0 unspecified atom stereocenters. The highest BCUT2D eigenvalue weighted by Gasteiger charge is 2.22. The van der Waals surface area contributed by atoms with Crippen molar-refractivity contribution in [2.75, 3.05) is 6.54 Å². The molecule has 0 aliphatic carbocycles. The second-order valence-electron chi connectivity index (χ2n) is 8.76. The van der Waals surface area contributed by atoms with Crippen molar-refractivity contribution in [3.8, 4) is 11.1 Å². The smallest absolute Gasteiger partial charge is 0.305 e. The molecule has 0 bridgehead atoms. The molecule has 4 aromatic carbocycles. The molecule has 6 nitrogen and oxygen atoms in total. The number of aliphatic carboxylic acids is 1. The molecule has 38 heavy (non-hydrogen) atoms. The third-order valence-electron chi connectivity index (χ3n) is 6.06. The fourth-order valence-electron chi connectivity index (χ4n) is 4.20. The molecule has 7 heteroatoms. The first-order chi connectivity index (χ1) is 18.4. The number of nitrogens with one attached hydrogen (secondary N) is 1. The number of benzene rings is 4. The molecule has 0 radical (unpaired) electrons.